The summed E-state index contributed by atoms with van der Waals surface area (Å²) in [6, 6.07) is 14.5. The average Bonchev–Trinajstić information content (AvgIpc) is 3.17. The van der Waals surface area contributed by atoms with Crippen molar-refractivity contribution >= 4 is 10.0 Å². The van der Waals surface area contributed by atoms with Crippen LogP contribution < -0.4 is 10.1 Å². The number of aryl methyl sites for hydroxylation is 1. The molecule has 6 heteroatoms. The lowest BCUT2D eigenvalue weighted by atomic mass is 10.0. The molecule has 2 fully saturated rings. The van der Waals surface area contributed by atoms with Crippen molar-refractivity contribution in [2.45, 2.75) is 11.8 Å². The minimum Gasteiger partial charge on any atom is -0.457 e. The summed E-state index contributed by atoms with van der Waals surface area (Å²) in [5.41, 5.74) is 1.12. The highest BCUT2D eigenvalue weighted by atomic mass is 32.2. The van der Waals surface area contributed by atoms with Gasteiger partial charge < -0.3 is 10.1 Å². The Labute approximate surface area is 148 Å². The molecule has 0 saturated carbocycles. The van der Waals surface area contributed by atoms with Crippen LogP contribution in [-0.2, 0) is 10.0 Å². The van der Waals surface area contributed by atoms with Crippen molar-refractivity contribution in [1.82, 2.24) is 9.62 Å². The van der Waals surface area contributed by atoms with Crippen molar-refractivity contribution in [3.05, 3.63) is 54.1 Å². The molecule has 2 aromatic carbocycles. The zero-order chi connectivity index (χ0) is 17.4. The lowest BCUT2D eigenvalue weighted by molar-refractivity contribution is 0.447. The SMILES string of the molecule is Cc1cccc(Oc2ccc(S(=O)(=O)N3C[C@H]4CNC[C@H]4C3)cc2)c1. The van der Waals surface area contributed by atoms with E-state index in [1.165, 1.54) is 0 Å². The first-order valence-electron chi connectivity index (χ1n) is 8.58. The normalized spacial score (nSPS) is 23.6. The molecular weight excluding hydrogens is 336 g/mol. The molecule has 2 saturated heterocycles. The van der Waals surface area contributed by atoms with Crippen LogP contribution in [0.2, 0.25) is 0 Å². The summed E-state index contributed by atoms with van der Waals surface area (Å²) in [7, 11) is -3.43. The standard InChI is InChI=1S/C19H22N2O3S/c1-14-3-2-4-18(9-14)24-17-5-7-19(8-6-17)25(22,23)21-12-15-10-20-11-16(15)13-21/h2-9,15-16,20H,10-13H2,1H3/t15-,16+. The average molecular weight is 358 g/mol. The van der Waals surface area contributed by atoms with Crippen LogP contribution in [0.25, 0.3) is 0 Å². The number of sulfonamides is 1. The molecule has 2 heterocycles. The number of hydrogen-bond donors (Lipinski definition) is 1. The summed E-state index contributed by atoms with van der Waals surface area (Å²) >= 11 is 0. The number of ether oxygens (including phenoxy) is 1. The van der Waals surface area contributed by atoms with Crippen LogP contribution in [0.15, 0.2) is 53.4 Å². The third kappa shape index (κ3) is 3.29. The second-order valence-corrected chi connectivity index (χ2v) is 8.83. The predicted molar refractivity (Wildman–Crippen MR) is 96.3 cm³/mol. The smallest absolute Gasteiger partial charge is 0.243 e. The van der Waals surface area contributed by atoms with Gasteiger partial charge in [-0.25, -0.2) is 8.42 Å². The van der Waals surface area contributed by atoms with E-state index in [1.807, 2.05) is 31.2 Å². The summed E-state index contributed by atoms with van der Waals surface area (Å²) in [4.78, 5) is 0.331. The second-order valence-electron chi connectivity index (χ2n) is 6.89. The minimum atomic E-state index is -3.43. The molecule has 0 spiro atoms. The molecule has 0 radical (unpaired) electrons. The Bertz CT molecular complexity index is 852. The van der Waals surface area contributed by atoms with Gasteiger partial charge >= 0.3 is 0 Å². The summed E-state index contributed by atoms with van der Waals surface area (Å²) in [6.45, 7) is 5.06. The Morgan fingerprint density at radius 1 is 1.00 bits per heavy atom. The molecule has 0 bridgehead atoms. The first-order chi connectivity index (χ1) is 12.0. The summed E-state index contributed by atoms with van der Waals surface area (Å²) in [6.07, 6.45) is 0. The Morgan fingerprint density at radius 2 is 1.68 bits per heavy atom. The van der Waals surface area contributed by atoms with Crippen LogP contribution in [-0.4, -0.2) is 38.9 Å². The van der Waals surface area contributed by atoms with E-state index in [4.69, 9.17) is 4.74 Å². The molecule has 0 aliphatic carbocycles. The number of nitrogens with one attached hydrogen (secondary N) is 1. The van der Waals surface area contributed by atoms with Gasteiger partial charge in [0.15, 0.2) is 0 Å². The highest BCUT2D eigenvalue weighted by molar-refractivity contribution is 7.89. The van der Waals surface area contributed by atoms with Gasteiger partial charge in [-0.2, -0.15) is 4.31 Å². The molecule has 0 aromatic heterocycles. The largest absolute Gasteiger partial charge is 0.457 e. The monoisotopic (exact) mass is 358 g/mol. The van der Waals surface area contributed by atoms with Crippen LogP contribution in [0.5, 0.6) is 11.5 Å². The van der Waals surface area contributed by atoms with Gasteiger partial charge in [-0.1, -0.05) is 12.1 Å². The number of benzene rings is 2. The Kier molecular flexibility index (Phi) is 4.27. The fourth-order valence-corrected chi connectivity index (χ4v) is 5.21. The second kappa shape index (κ2) is 6.44. The maximum Gasteiger partial charge on any atom is 0.243 e. The van der Waals surface area contributed by atoms with Gasteiger partial charge in [0.1, 0.15) is 11.5 Å². The maximum absolute atomic E-state index is 12.8. The topological polar surface area (TPSA) is 58.6 Å². The first-order valence-corrected chi connectivity index (χ1v) is 10.0. The van der Waals surface area contributed by atoms with E-state index in [9.17, 15) is 8.42 Å². The molecule has 0 amide bonds. The number of hydrogen-bond acceptors (Lipinski definition) is 4. The summed E-state index contributed by atoms with van der Waals surface area (Å²) in [5.74, 6) is 2.26. The third-order valence-corrected chi connectivity index (χ3v) is 6.89. The molecule has 25 heavy (non-hydrogen) atoms. The summed E-state index contributed by atoms with van der Waals surface area (Å²) in [5, 5.41) is 3.33. The van der Waals surface area contributed by atoms with E-state index in [0.717, 1.165) is 24.4 Å². The molecule has 2 atom stereocenters. The van der Waals surface area contributed by atoms with Gasteiger partial charge in [0.25, 0.3) is 0 Å². The van der Waals surface area contributed by atoms with E-state index in [1.54, 1.807) is 28.6 Å². The van der Waals surface area contributed by atoms with E-state index < -0.39 is 10.0 Å². The van der Waals surface area contributed by atoms with E-state index in [-0.39, 0.29) is 0 Å². The van der Waals surface area contributed by atoms with E-state index in [0.29, 0.717) is 35.6 Å². The van der Waals surface area contributed by atoms with Crippen molar-refractivity contribution in [3.63, 3.8) is 0 Å². The fourth-order valence-electron chi connectivity index (χ4n) is 3.65. The van der Waals surface area contributed by atoms with Gasteiger partial charge in [0.2, 0.25) is 10.0 Å². The van der Waals surface area contributed by atoms with Crippen molar-refractivity contribution in [2.75, 3.05) is 26.2 Å². The van der Waals surface area contributed by atoms with Crippen LogP contribution in [0, 0.1) is 18.8 Å². The van der Waals surface area contributed by atoms with Crippen LogP contribution in [0.3, 0.4) is 0 Å². The van der Waals surface area contributed by atoms with Gasteiger partial charge in [-0.15, -0.1) is 0 Å². The zero-order valence-corrected chi connectivity index (χ0v) is 15.0. The van der Waals surface area contributed by atoms with Crippen molar-refractivity contribution < 1.29 is 13.2 Å². The summed E-state index contributed by atoms with van der Waals surface area (Å²) < 4.78 is 33.1. The molecule has 2 aliphatic rings. The molecular formula is C19H22N2O3S. The molecule has 4 rings (SSSR count). The fraction of sp³-hybridized carbons (Fsp3) is 0.368. The molecule has 0 unspecified atom stereocenters. The highest BCUT2D eigenvalue weighted by Gasteiger charge is 2.41. The predicted octanol–water partition coefficient (Wildman–Crippen LogP) is 2.63. The quantitative estimate of drug-likeness (QED) is 0.913. The van der Waals surface area contributed by atoms with Crippen molar-refractivity contribution in [1.29, 1.82) is 0 Å². The van der Waals surface area contributed by atoms with E-state index >= 15 is 0 Å². The van der Waals surface area contributed by atoms with Crippen LogP contribution in [0.4, 0.5) is 0 Å². The number of nitrogens with zero attached hydrogens (tertiary/aromatic N) is 1. The van der Waals surface area contributed by atoms with E-state index in [2.05, 4.69) is 5.32 Å². The first kappa shape index (κ1) is 16.6. The lowest BCUT2D eigenvalue weighted by Gasteiger charge is -2.17. The van der Waals surface area contributed by atoms with Gasteiger partial charge in [-0.05, 0) is 73.8 Å². The molecule has 1 N–H and O–H groups in total. The molecule has 5 nitrogen and oxygen atoms in total. The molecule has 2 aliphatic heterocycles. The minimum absolute atomic E-state index is 0.331. The van der Waals surface area contributed by atoms with Gasteiger partial charge in [0.05, 0.1) is 4.90 Å². The lowest BCUT2D eigenvalue weighted by Crippen LogP contribution is -2.31. The molecule has 132 valence electrons. The zero-order valence-electron chi connectivity index (χ0n) is 14.2. The Balaban J connectivity index is 1.49. The number of fused-ring (bicyclic) bond motifs is 1. The molecule has 2 aromatic rings. The third-order valence-electron chi connectivity index (χ3n) is 5.04. The van der Waals surface area contributed by atoms with Crippen LogP contribution >= 0.6 is 0 Å². The van der Waals surface area contributed by atoms with Crippen molar-refractivity contribution in [3.8, 4) is 11.5 Å². The van der Waals surface area contributed by atoms with Crippen LogP contribution in [0.1, 0.15) is 5.56 Å². The Morgan fingerprint density at radius 3 is 2.32 bits per heavy atom. The Hall–Kier alpha value is -1.89. The highest BCUT2D eigenvalue weighted by Crippen LogP contribution is 2.31. The van der Waals surface area contributed by atoms with Crippen molar-refractivity contribution in [2.24, 2.45) is 11.8 Å². The van der Waals surface area contributed by atoms with Gasteiger partial charge in [-0.3, -0.25) is 0 Å². The van der Waals surface area contributed by atoms with Gasteiger partial charge in [0, 0.05) is 13.1 Å². The number of rotatable bonds is 4. The maximum atomic E-state index is 12.8.